The minimum Gasteiger partial charge on any atom is -0.387 e. The number of rotatable bonds is 61. The second-order valence-electron chi connectivity index (χ2n) is 23.8. The Labute approximate surface area is 501 Å². The Morgan fingerprint density at radius 2 is 0.753 bits per heavy atom. The molecule has 0 bridgehead atoms. The van der Waals surface area contributed by atoms with Crippen molar-refractivity contribution < 1.29 is 32.9 Å². The summed E-state index contributed by atoms with van der Waals surface area (Å²) in [7, 11) is 1.55. The number of allylic oxidation sites excluding steroid dienone is 17. The highest BCUT2D eigenvalue weighted by molar-refractivity contribution is 7.47. The Morgan fingerprint density at radius 3 is 1.14 bits per heavy atom. The molecule has 0 aliphatic heterocycles. The quantitative estimate of drug-likeness (QED) is 0.0243. The predicted octanol–water partition coefficient (Wildman–Crippen LogP) is 21.5. The Bertz CT molecular complexity index is 1690. The van der Waals surface area contributed by atoms with Crippen LogP contribution in [0.3, 0.4) is 0 Å². The fourth-order valence-corrected chi connectivity index (χ4v) is 10.2. The van der Waals surface area contributed by atoms with E-state index in [1.165, 1.54) is 186 Å². The summed E-state index contributed by atoms with van der Waals surface area (Å²) < 4.78 is 23.8. The molecule has 0 aromatic rings. The van der Waals surface area contributed by atoms with E-state index in [0.29, 0.717) is 17.4 Å². The van der Waals surface area contributed by atoms with E-state index in [9.17, 15) is 19.4 Å². The van der Waals surface area contributed by atoms with Gasteiger partial charge in [0.25, 0.3) is 0 Å². The molecule has 3 atom stereocenters. The summed E-state index contributed by atoms with van der Waals surface area (Å²) in [6.07, 6.45) is 90.8. The first kappa shape index (κ1) is 78.2. The maximum absolute atomic E-state index is 13.0. The number of unbranched alkanes of at least 4 members (excludes halogenated alkanes) is 32. The molecule has 0 saturated carbocycles. The first-order valence-electron chi connectivity index (χ1n) is 33.8. The second kappa shape index (κ2) is 61.7. The van der Waals surface area contributed by atoms with Gasteiger partial charge in [-0.15, -0.1) is 0 Å². The number of nitrogens with zero attached hydrogens (tertiary/aromatic N) is 1. The lowest BCUT2D eigenvalue weighted by Crippen LogP contribution is -2.45. The predicted molar refractivity (Wildman–Crippen MR) is 355 cm³/mol. The number of phosphoric ester groups is 1. The lowest BCUT2D eigenvalue weighted by Gasteiger charge is -2.25. The molecule has 0 aliphatic carbocycles. The lowest BCUT2D eigenvalue weighted by molar-refractivity contribution is -0.870. The Kier molecular flexibility index (Phi) is 59.5. The van der Waals surface area contributed by atoms with Gasteiger partial charge in [-0.2, -0.15) is 0 Å². The molecule has 8 nitrogen and oxygen atoms in total. The summed E-state index contributed by atoms with van der Waals surface area (Å²) in [6.45, 7) is 4.70. The van der Waals surface area contributed by atoms with Gasteiger partial charge in [0.1, 0.15) is 13.2 Å². The SMILES string of the molecule is CC/C=C\C/C=C\C/C=C\C/C=C\C/C=C\C/C=C\C/C=C\CCCCCCCCCCCCCCCCCC(=O)NC(COP(=O)(O)OCC[N+](C)(C)C)C(O)/C=C/CC/C=C/CCCCCCCCCCCCCCCCCC. The smallest absolute Gasteiger partial charge is 0.387 e. The third-order valence-electron chi connectivity index (χ3n) is 14.7. The number of carbonyl (C=O) groups is 1. The highest BCUT2D eigenvalue weighted by atomic mass is 31.2. The van der Waals surface area contributed by atoms with Crippen LogP contribution in [0.1, 0.15) is 290 Å². The number of carbonyl (C=O) groups excluding carboxylic acids is 1. The molecular formula is C72H130N2O6P+. The number of phosphoric acid groups is 1. The van der Waals surface area contributed by atoms with Crippen LogP contribution in [0, 0.1) is 0 Å². The van der Waals surface area contributed by atoms with Gasteiger partial charge >= 0.3 is 7.82 Å². The van der Waals surface area contributed by atoms with E-state index in [2.05, 4.69) is 116 Å². The molecular weight excluding hydrogens is 1020 g/mol. The van der Waals surface area contributed by atoms with Crippen molar-refractivity contribution in [3.05, 3.63) is 109 Å². The summed E-state index contributed by atoms with van der Waals surface area (Å²) in [5.74, 6) is -0.188. The van der Waals surface area contributed by atoms with E-state index in [1.54, 1.807) is 6.08 Å². The Morgan fingerprint density at radius 1 is 0.432 bits per heavy atom. The molecule has 0 aliphatic rings. The van der Waals surface area contributed by atoms with Crippen molar-refractivity contribution in [3.63, 3.8) is 0 Å². The van der Waals surface area contributed by atoms with Crippen molar-refractivity contribution in [2.75, 3.05) is 40.9 Å². The molecule has 0 aromatic heterocycles. The van der Waals surface area contributed by atoms with Crippen LogP contribution < -0.4 is 5.32 Å². The van der Waals surface area contributed by atoms with Crippen LogP contribution >= 0.6 is 7.82 Å². The summed E-state index contributed by atoms with van der Waals surface area (Å²) in [5, 5.41) is 14.0. The number of hydrogen-bond acceptors (Lipinski definition) is 5. The molecule has 0 radical (unpaired) electrons. The van der Waals surface area contributed by atoms with Crippen LogP contribution in [-0.4, -0.2) is 73.4 Å². The van der Waals surface area contributed by atoms with Gasteiger partial charge in [0, 0.05) is 6.42 Å². The molecule has 0 saturated heterocycles. The monoisotopic (exact) mass is 1150 g/mol. The highest BCUT2D eigenvalue weighted by Gasteiger charge is 2.28. The number of amides is 1. The van der Waals surface area contributed by atoms with E-state index in [4.69, 9.17) is 9.05 Å². The van der Waals surface area contributed by atoms with Gasteiger partial charge in [-0.3, -0.25) is 13.8 Å². The maximum Gasteiger partial charge on any atom is 0.472 e. The molecule has 0 fully saturated rings. The second-order valence-corrected chi connectivity index (χ2v) is 25.3. The molecule has 3 unspecified atom stereocenters. The molecule has 81 heavy (non-hydrogen) atoms. The summed E-state index contributed by atoms with van der Waals surface area (Å²) >= 11 is 0. The van der Waals surface area contributed by atoms with Gasteiger partial charge in [0.05, 0.1) is 39.9 Å². The van der Waals surface area contributed by atoms with E-state index in [0.717, 1.165) is 83.5 Å². The summed E-state index contributed by atoms with van der Waals surface area (Å²) in [4.78, 5) is 23.4. The van der Waals surface area contributed by atoms with E-state index < -0.39 is 20.0 Å². The van der Waals surface area contributed by atoms with Crippen molar-refractivity contribution >= 4 is 13.7 Å². The average molecular weight is 1150 g/mol. The molecule has 3 N–H and O–H groups in total. The first-order chi connectivity index (χ1) is 39.5. The first-order valence-corrected chi connectivity index (χ1v) is 35.3. The molecule has 0 spiro atoms. The topological polar surface area (TPSA) is 105 Å². The average Bonchev–Trinajstić information content (AvgIpc) is 3.43. The number of aliphatic hydroxyl groups excluding tert-OH is 1. The molecule has 1 amide bonds. The number of quaternary nitrogens is 1. The van der Waals surface area contributed by atoms with Crippen LogP contribution in [0.4, 0.5) is 0 Å². The van der Waals surface area contributed by atoms with Gasteiger partial charge in [0.15, 0.2) is 0 Å². The zero-order valence-electron chi connectivity index (χ0n) is 53.5. The fraction of sp³-hybridized carbons (Fsp3) is 0.736. The highest BCUT2D eigenvalue weighted by Crippen LogP contribution is 2.43. The van der Waals surface area contributed by atoms with Gasteiger partial charge in [-0.05, 0) is 89.9 Å². The van der Waals surface area contributed by atoms with Crippen molar-refractivity contribution in [3.8, 4) is 0 Å². The van der Waals surface area contributed by atoms with Crippen LogP contribution in [0.5, 0.6) is 0 Å². The molecule has 468 valence electrons. The number of aliphatic hydroxyl groups is 1. The molecule has 9 heteroatoms. The number of hydrogen-bond donors (Lipinski definition) is 3. The standard InChI is InChI=1S/C72H129N2O6P/c1-6-8-10-12-14-16-18-20-22-24-26-28-30-31-32-33-34-35-36-37-38-39-40-41-42-43-44-46-48-50-52-54-56-58-60-62-64-66-72(76)73-70(69-80-81(77,78)79-68-67-74(3,4)5)71(75)65-63-61-59-57-55-53-51-49-47-45-29-27-25-23-21-19-17-15-13-11-9-7-2/h8,10,14,16,20,22,26,28,31-32,34-35,37-38,55,57,63,65,70-71,75H,6-7,9,11-13,15,17-19,21,23-25,27,29-30,33,36,39-54,56,58-62,64,66-69H2,1-5H3,(H-,73,76,77,78)/p+1/b10-8-,16-14-,22-20-,28-26-,32-31-,35-34-,38-37-,57-55+,65-63+. The lowest BCUT2D eigenvalue weighted by atomic mass is 10.0. The number of likely N-dealkylation sites (N-methyl/N-ethyl adjacent to an activating group) is 1. The molecule has 0 heterocycles. The van der Waals surface area contributed by atoms with E-state index >= 15 is 0 Å². The molecule has 0 aromatic carbocycles. The van der Waals surface area contributed by atoms with Crippen LogP contribution in [0.2, 0.25) is 0 Å². The van der Waals surface area contributed by atoms with Crippen LogP contribution in [0.15, 0.2) is 109 Å². The zero-order valence-corrected chi connectivity index (χ0v) is 54.4. The van der Waals surface area contributed by atoms with Crippen LogP contribution in [-0.2, 0) is 18.4 Å². The van der Waals surface area contributed by atoms with Crippen LogP contribution in [0.25, 0.3) is 0 Å². The van der Waals surface area contributed by atoms with Crippen molar-refractivity contribution in [1.29, 1.82) is 0 Å². The third kappa shape index (κ3) is 64.6. The van der Waals surface area contributed by atoms with E-state index in [1.807, 2.05) is 27.2 Å². The van der Waals surface area contributed by atoms with Gasteiger partial charge in [0.2, 0.25) is 5.91 Å². The maximum atomic E-state index is 13.0. The zero-order chi connectivity index (χ0) is 59.1. The summed E-state index contributed by atoms with van der Waals surface area (Å²) in [5.41, 5.74) is 0. The largest absolute Gasteiger partial charge is 0.472 e. The minimum absolute atomic E-state index is 0.0530. The van der Waals surface area contributed by atoms with Crippen molar-refractivity contribution in [1.82, 2.24) is 5.32 Å². The number of nitrogens with one attached hydrogen (secondary N) is 1. The fourth-order valence-electron chi connectivity index (χ4n) is 9.51. The Balaban J connectivity index is 4.11. The normalized spacial score (nSPS) is 14.4. The van der Waals surface area contributed by atoms with Crippen molar-refractivity contribution in [2.24, 2.45) is 0 Å². The van der Waals surface area contributed by atoms with E-state index in [-0.39, 0.29) is 19.1 Å². The van der Waals surface area contributed by atoms with Gasteiger partial charge in [-0.1, -0.05) is 303 Å². The third-order valence-corrected chi connectivity index (χ3v) is 15.7. The Hall–Kier alpha value is -2.84. The molecule has 0 rings (SSSR count). The minimum atomic E-state index is -4.37. The van der Waals surface area contributed by atoms with Gasteiger partial charge in [-0.25, -0.2) is 4.57 Å². The van der Waals surface area contributed by atoms with Crippen molar-refractivity contribution in [2.45, 2.75) is 302 Å². The van der Waals surface area contributed by atoms with Gasteiger partial charge < -0.3 is 19.8 Å². The summed E-state index contributed by atoms with van der Waals surface area (Å²) in [6, 6.07) is -0.870.